The van der Waals surface area contributed by atoms with Gasteiger partial charge in [0.1, 0.15) is 18.1 Å². The van der Waals surface area contributed by atoms with Gasteiger partial charge >= 0.3 is 0 Å². The molecule has 0 fully saturated rings. The van der Waals surface area contributed by atoms with Gasteiger partial charge in [0.05, 0.1) is 6.54 Å². The van der Waals surface area contributed by atoms with Crippen molar-refractivity contribution in [2.75, 3.05) is 0 Å². The number of imidazole rings is 1. The molecule has 0 aliphatic rings. The Morgan fingerprint density at radius 2 is 0.875 bits per heavy atom. The Labute approximate surface area is 250 Å². The van der Waals surface area contributed by atoms with Crippen molar-refractivity contribution in [1.82, 2.24) is 4.57 Å². The summed E-state index contributed by atoms with van der Waals surface area (Å²) in [6, 6.07) is 11.0. The van der Waals surface area contributed by atoms with Gasteiger partial charge in [-0.15, -0.1) is 0 Å². The molecule has 1 aromatic carbocycles. The summed E-state index contributed by atoms with van der Waals surface area (Å²) in [5, 5.41) is 0. The molecule has 0 N–H and O–H groups in total. The van der Waals surface area contributed by atoms with Gasteiger partial charge in [0, 0.05) is 6.42 Å². The fraction of sp³-hybridized carbons (Fsp3) is 0.763. The summed E-state index contributed by atoms with van der Waals surface area (Å²) in [6.07, 6.45) is 41.3. The number of aromatic nitrogens is 2. The Bertz CT molecular complexity index is 793. The first-order valence-electron chi connectivity index (χ1n) is 18.0. The van der Waals surface area contributed by atoms with Crippen LogP contribution in [0.25, 0.3) is 5.69 Å². The van der Waals surface area contributed by atoms with E-state index >= 15 is 0 Å². The number of benzene rings is 1. The van der Waals surface area contributed by atoms with Crippen molar-refractivity contribution in [3.8, 4) is 5.69 Å². The van der Waals surface area contributed by atoms with Gasteiger partial charge in [-0.3, -0.25) is 0 Å². The Kier molecular flexibility index (Phi) is 21.8. The number of para-hydroxylation sites is 1. The summed E-state index contributed by atoms with van der Waals surface area (Å²) in [6.45, 7) is 5.78. The van der Waals surface area contributed by atoms with Crippen molar-refractivity contribution in [2.45, 2.75) is 187 Å². The Balaban J connectivity index is 1.61. The summed E-state index contributed by atoms with van der Waals surface area (Å²) in [4.78, 5) is 0. The van der Waals surface area contributed by atoms with Crippen LogP contribution < -0.4 is 4.57 Å². The lowest BCUT2D eigenvalue weighted by Crippen LogP contribution is -2.37. The largest absolute Gasteiger partial charge is 0.261 e. The lowest BCUT2D eigenvalue weighted by Gasteiger charge is -2.07. The van der Waals surface area contributed by atoms with E-state index in [9.17, 15) is 0 Å². The molecule has 0 aliphatic heterocycles. The van der Waals surface area contributed by atoms with Crippen molar-refractivity contribution in [3.63, 3.8) is 0 Å². The molecule has 2 nitrogen and oxygen atoms in total. The van der Waals surface area contributed by atoms with E-state index < -0.39 is 0 Å². The van der Waals surface area contributed by atoms with E-state index in [1.54, 1.807) is 0 Å². The van der Waals surface area contributed by atoms with Gasteiger partial charge in [0.15, 0.2) is 0 Å². The van der Waals surface area contributed by atoms with Crippen LogP contribution in [0.4, 0.5) is 0 Å². The van der Waals surface area contributed by atoms with E-state index in [-0.39, 0.29) is 0 Å². The molecule has 0 atom stereocenters. The highest BCUT2D eigenvalue weighted by Gasteiger charge is 2.18. The maximum Gasteiger partial charge on any atom is 0.261 e. The van der Waals surface area contributed by atoms with Gasteiger partial charge in [0.2, 0.25) is 0 Å². The SMILES string of the molecule is CCCCCCCCCCCCCCCCc1n(-c2ccccc2)cc[n+]1CCCCCCCCCCCCC. The van der Waals surface area contributed by atoms with Crippen molar-refractivity contribution in [2.24, 2.45) is 0 Å². The average Bonchev–Trinajstić information content (AvgIpc) is 3.39. The van der Waals surface area contributed by atoms with Crippen molar-refractivity contribution < 1.29 is 4.57 Å². The third-order valence-corrected chi connectivity index (χ3v) is 8.80. The smallest absolute Gasteiger partial charge is 0.234 e. The minimum absolute atomic E-state index is 1.17. The Morgan fingerprint density at radius 3 is 1.32 bits per heavy atom. The first kappa shape index (κ1) is 34.6. The van der Waals surface area contributed by atoms with E-state index in [1.165, 1.54) is 185 Å². The monoisotopic (exact) mass is 552 g/mol. The van der Waals surface area contributed by atoms with Crippen LogP contribution in [0.5, 0.6) is 0 Å². The molecule has 0 radical (unpaired) electrons. The molecule has 0 amide bonds. The zero-order valence-electron chi connectivity index (χ0n) is 27.0. The molecular formula is C38H67N2+. The molecule has 2 aromatic rings. The lowest BCUT2D eigenvalue weighted by molar-refractivity contribution is -0.704. The predicted molar refractivity (Wildman–Crippen MR) is 176 cm³/mol. The standard InChI is InChI=1S/C38H67N2/c1-3-5-7-9-11-13-15-16-17-18-20-22-24-29-33-38-39(35-36-40(38)37-31-27-26-28-32-37)34-30-25-23-21-19-14-12-10-8-6-4-2/h26-28,31-32,35-36H,3-25,29-30,33-34H2,1-2H3/q+1. The van der Waals surface area contributed by atoms with Crippen LogP contribution in [0, 0.1) is 0 Å². The van der Waals surface area contributed by atoms with E-state index in [2.05, 4.69) is 65.7 Å². The van der Waals surface area contributed by atoms with Crippen LogP contribution >= 0.6 is 0 Å². The van der Waals surface area contributed by atoms with E-state index in [4.69, 9.17) is 0 Å². The van der Waals surface area contributed by atoms with Gasteiger partial charge in [-0.05, 0) is 31.4 Å². The minimum atomic E-state index is 1.17. The second kappa shape index (κ2) is 25.2. The number of hydrogen-bond donors (Lipinski definition) is 0. The van der Waals surface area contributed by atoms with E-state index in [0.29, 0.717) is 0 Å². The highest BCUT2D eigenvalue weighted by atomic mass is 15.1. The molecule has 0 saturated heterocycles. The highest BCUT2D eigenvalue weighted by molar-refractivity contribution is 5.31. The second-order valence-electron chi connectivity index (χ2n) is 12.5. The van der Waals surface area contributed by atoms with Crippen LogP contribution in [0.1, 0.15) is 180 Å². The maximum atomic E-state index is 2.56. The second-order valence-corrected chi connectivity index (χ2v) is 12.5. The molecular weight excluding hydrogens is 484 g/mol. The van der Waals surface area contributed by atoms with Gasteiger partial charge in [-0.1, -0.05) is 173 Å². The number of aryl methyl sites for hydroxylation is 1. The number of nitrogens with zero attached hydrogens (tertiary/aromatic N) is 2. The number of unbranched alkanes of at least 4 members (excludes halogenated alkanes) is 23. The minimum Gasteiger partial charge on any atom is -0.234 e. The molecule has 1 heterocycles. The zero-order chi connectivity index (χ0) is 28.4. The van der Waals surface area contributed by atoms with E-state index in [1.807, 2.05) is 0 Å². The molecule has 0 aliphatic carbocycles. The molecule has 228 valence electrons. The lowest BCUT2D eigenvalue weighted by atomic mass is 10.0. The van der Waals surface area contributed by atoms with Crippen LogP contribution in [-0.4, -0.2) is 4.57 Å². The Hall–Kier alpha value is -1.57. The summed E-state index contributed by atoms with van der Waals surface area (Å²) >= 11 is 0. The van der Waals surface area contributed by atoms with Crippen molar-refractivity contribution >= 4 is 0 Å². The molecule has 40 heavy (non-hydrogen) atoms. The summed E-state index contributed by atoms with van der Waals surface area (Å²) in [7, 11) is 0. The van der Waals surface area contributed by atoms with Crippen molar-refractivity contribution in [3.05, 3.63) is 48.5 Å². The summed E-state index contributed by atoms with van der Waals surface area (Å²) in [5.74, 6) is 1.50. The molecule has 0 unspecified atom stereocenters. The van der Waals surface area contributed by atoms with Gasteiger partial charge < -0.3 is 0 Å². The fourth-order valence-corrected chi connectivity index (χ4v) is 6.17. The fourth-order valence-electron chi connectivity index (χ4n) is 6.17. The van der Waals surface area contributed by atoms with Crippen LogP contribution in [0.3, 0.4) is 0 Å². The third-order valence-electron chi connectivity index (χ3n) is 8.80. The van der Waals surface area contributed by atoms with E-state index in [0.717, 1.165) is 0 Å². The molecule has 2 heteroatoms. The molecule has 0 bridgehead atoms. The summed E-state index contributed by atoms with van der Waals surface area (Å²) < 4.78 is 5.00. The molecule has 2 rings (SSSR count). The van der Waals surface area contributed by atoms with Crippen LogP contribution in [0.2, 0.25) is 0 Å². The quantitative estimate of drug-likeness (QED) is 0.0734. The average molecular weight is 552 g/mol. The zero-order valence-corrected chi connectivity index (χ0v) is 27.0. The first-order valence-corrected chi connectivity index (χ1v) is 18.0. The molecule has 0 spiro atoms. The van der Waals surface area contributed by atoms with Gasteiger partial charge in [-0.25, -0.2) is 4.57 Å². The first-order chi connectivity index (χ1) is 19.9. The topological polar surface area (TPSA) is 8.81 Å². The molecule has 1 aromatic heterocycles. The third kappa shape index (κ3) is 16.6. The predicted octanol–water partition coefficient (Wildman–Crippen LogP) is 12.1. The molecule has 0 saturated carbocycles. The van der Waals surface area contributed by atoms with Crippen LogP contribution in [0.15, 0.2) is 42.7 Å². The summed E-state index contributed by atoms with van der Waals surface area (Å²) in [5.41, 5.74) is 1.31. The van der Waals surface area contributed by atoms with Crippen LogP contribution in [-0.2, 0) is 13.0 Å². The maximum absolute atomic E-state index is 2.56. The van der Waals surface area contributed by atoms with Crippen molar-refractivity contribution in [1.29, 1.82) is 0 Å². The van der Waals surface area contributed by atoms with Gasteiger partial charge in [-0.2, -0.15) is 4.57 Å². The Morgan fingerprint density at radius 1 is 0.475 bits per heavy atom. The normalized spacial score (nSPS) is 11.4. The highest BCUT2D eigenvalue weighted by Crippen LogP contribution is 2.16. The number of hydrogen-bond acceptors (Lipinski definition) is 0. The van der Waals surface area contributed by atoms with Gasteiger partial charge in [0.25, 0.3) is 5.82 Å². The number of rotatable bonds is 28.